The second-order valence-electron chi connectivity index (χ2n) is 14.6. The highest BCUT2D eigenvalue weighted by Gasteiger charge is 2.22. The van der Waals surface area contributed by atoms with Crippen LogP contribution in [0, 0.1) is 0 Å². The number of benzene rings is 9. The number of nitrogens with one attached hydrogen (secondary N) is 1. The first-order chi connectivity index (χ1) is 28.2. The molecule has 0 aliphatic carbocycles. The van der Waals surface area contributed by atoms with Gasteiger partial charge in [0.15, 0.2) is 5.84 Å². The molecule has 4 nitrogen and oxygen atoms in total. The van der Waals surface area contributed by atoms with Crippen molar-refractivity contribution in [2.75, 3.05) is 0 Å². The van der Waals surface area contributed by atoms with E-state index >= 15 is 0 Å². The van der Waals surface area contributed by atoms with E-state index in [0.29, 0.717) is 5.84 Å². The predicted molar refractivity (Wildman–Crippen MR) is 237 cm³/mol. The van der Waals surface area contributed by atoms with Crippen LogP contribution in [0.4, 0.5) is 0 Å². The Balaban J connectivity index is 0.972. The van der Waals surface area contributed by atoms with E-state index in [1.807, 2.05) is 18.2 Å². The van der Waals surface area contributed by atoms with E-state index in [1.54, 1.807) is 0 Å². The summed E-state index contributed by atoms with van der Waals surface area (Å²) in [6.07, 6.45) is -0.325. The predicted octanol–water partition coefficient (Wildman–Crippen LogP) is 13.4. The van der Waals surface area contributed by atoms with Gasteiger partial charge in [0.1, 0.15) is 23.2 Å². The summed E-state index contributed by atoms with van der Waals surface area (Å²) in [4.78, 5) is 10.2. The number of fused-ring (bicyclic) bond motifs is 5. The SMILES string of the molecule is c1ccc(C2=NC(c3ccc4ccc(-c5cccc6oc7ccc(-c8ccc(-c9ccccc9)cc8)cc7c56)cc4c3)NC(c3ccc4ccccc4c3)=N2)cc1. The zero-order valence-corrected chi connectivity index (χ0v) is 30.9. The molecule has 1 aliphatic rings. The second-order valence-corrected chi connectivity index (χ2v) is 14.6. The minimum atomic E-state index is -0.325. The molecule has 10 aromatic rings. The third-order valence-electron chi connectivity index (χ3n) is 11.1. The van der Waals surface area contributed by atoms with Crippen molar-refractivity contribution in [1.82, 2.24) is 5.32 Å². The van der Waals surface area contributed by atoms with Crippen molar-refractivity contribution in [2.24, 2.45) is 9.98 Å². The molecular formula is C53H35N3O. The molecule has 0 saturated heterocycles. The quantitative estimate of drug-likeness (QED) is 0.185. The van der Waals surface area contributed by atoms with Gasteiger partial charge in [-0.3, -0.25) is 0 Å². The molecule has 1 aliphatic heterocycles. The second kappa shape index (κ2) is 13.6. The van der Waals surface area contributed by atoms with Crippen LogP contribution in [-0.2, 0) is 0 Å². The molecule has 268 valence electrons. The lowest BCUT2D eigenvalue weighted by atomic mass is 9.95. The molecule has 0 bridgehead atoms. The number of amidine groups is 2. The van der Waals surface area contributed by atoms with Crippen LogP contribution in [-0.4, -0.2) is 11.7 Å². The molecule has 1 N–H and O–H groups in total. The first kappa shape index (κ1) is 32.8. The number of rotatable bonds is 6. The van der Waals surface area contributed by atoms with Crippen LogP contribution in [0.3, 0.4) is 0 Å². The van der Waals surface area contributed by atoms with E-state index in [2.05, 4.69) is 187 Å². The monoisotopic (exact) mass is 729 g/mol. The smallest absolute Gasteiger partial charge is 0.159 e. The Bertz CT molecular complexity index is 3200. The summed E-state index contributed by atoms with van der Waals surface area (Å²) >= 11 is 0. The van der Waals surface area contributed by atoms with E-state index in [1.165, 1.54) is 32.8 Å². The van der Waals surface area contributed by atoms with Crippen LogP contribution in [0.5, 0.6) is 0 Å². The van der Waals surface area contributed by atoms with Crippen molar-refractivity contribution in [3.63, 3.8) is 0 Å². The molecule has 4 heteroatoms. The maximum atomic E-state index is 6.45. The van der Waals surface area contributed by atoms with Gasteiger partial charge in [-0.1, -0.05) is 164 Å². The Morgan fingerprint density at radius 2 is 1.02 bits per heavy atom. The molecule has 0 saturated carbocycles. The summed E-state index contributed by atoms with van der Waals surface area (Å²) in [5, 5.41) is 10.6. The van der Waals surface area contributed by atoms with Gasteiger partial charge in [-0.25, -0.2) is 9.98 Å². The van der Waals surface area contributed by atoms with Crippen molar-refractivity contribution in [2.45, 2.75) is 6.17 Å². The third kappa shape index (κ3) is 6.05. The molecule has 57 heavy (non-hydrogen) atoms. The van der Waals surface area contributed by atoms with Gasteiger partial charge >= 0.3 is 0 Å². The lowest BCUT2D eigenvalue weighted by molar-refractivity contribution is 0.669. The fourth-order valence-corrected chi connectivity index (χ4v) is 8.16. The highest BCUT2D eigenvalue weighted by atomic mass is 16.3. The van der Waals surface area contributed by atoms with E-state index in [9.17, 15) is 0 Å². The first-order valence-corrected chi connectivity index (χ1v) is 19.3. The van der Waals surface area contributed by atoms with Gasteiger partial charge in [-0.2, -0.15) is 0 Å². The van der Waals surface area contributed by atoms with E-state index < -0.39 is 0 Å². The van der Waals surface area contributed by atoms with E-state index in [0.717, 1.165) is 66.5 Å². The van der Waals surface area contributed by atoms with Gasteiger partial charge in [0.2, 0.25) is 0 Å². The highest BCUT2D eigenvalue weighted by Crippen LogP contribution is 2.40. The first-order valence-electron chi connectivity index (χ1n) is 19.3. The highest BCUT2D eigenvalue weighted by molar-refractivity contribution is 6.15. The van der Waals surface area contributed by atoms with Crippen LogP contribution in [0.2, 0.25) is 0 Å². The summed E-state index contributed by atoms with van der Waals surface area (Å²) < 4.78 is 6.45. The van der Waals surface area contributed by atoms with Gasteiger partial charge in [-0.05, 0) is 96.9 Å². The summed E-state index contributed by atoms with van der Waals surface area (Å²) in [7, 11) is 0. The van der Waals surface area contributed by atoms with E-state index in [4.69, 9.17) is 14.4 Å². The lowest BCUT2D eigenvalue weighted by Gasteiger charge is -2.24. The number of hydrogen-bond donors (Lipinski definition) is 1. The molecule has 1 aromatic heterocycles. The molecule has 0 fully saturated rings. The van der Waals surface area contributed by atoms with Crippen molar-refractivity contribution in [3.05, 3.63) is 217 Å². The lowest BCUT2D eigenvalue weighted by Crippen LogP contribution is -2.33. The van der Waals surface area contributed by atoms with Crippen molar-refractivity contribution >= 4 is 55.2 Å². The molecule has 0 amide bonds. The van der Waals surface area contributed by atoms with Crippen molar-refractivity contribution < 1.29 is 4.42 Å². The Morgan fingerprint density at radius 1 is 0.404 bits per heavy atom. The molecule has 0 spiro atoms. The number of hydrogen-bond acceptors (Lipinski definition) is 4. The van der Waals surface area contributed by atoms with Crippen LogP contribution in [0.1, 0.15) is 22.9 Å². The summed E-state index contributed by atoms with van der Waals surface area (Å²) in [6.45, 7) is 0. The summed E-state index contributed by atoms with van der Waals surface area (Å²) in [5.41, 5.74) is 11.9. The zero-order chi connectivity index (χ0) is 37.7. The Kier molecular flexibility index (Phi) is 7.85. The molecule has 9 aromatic carbocycles. The normalized spacial score (nSPS) is 14.1. The zero-order valence-electron chi connectivity index (χ0n) is 30.9. The standard InChI is InChI=1S/C53H35N3O/c1-3-10-34(11-4-1)36-18-20-37(21-19-36)41-28-29-48-47(33-41)50-46(16-9-17-49(50)57-48)42-25-22-38-24-27-44(32-45(38)31-42)53-55-51(39-13-5-2-6-14-39)54-52(56-53)43-26-23-35-12-7-8-15-40(35)30-43/h1-33,53H,(H,54,55,56). The van der Waals surface area contributed by atoms with Crippen molar-refractivity contribution in [3.8, 4) is 33.4 Å². The minimum absolute atomic E-state index is 0.325. The van der Waals surface area contributed by atoms with Crippen LogP contribution < -0.4 is 5.32 Å². The molecule has 1 unspecified atom stereocenters. The van der Waals surface area contributed by atoms with Gasteiger partial charge in [-0.15, -0.1) is 0 Å². The summed E-state index contributed by atoms with van der Waals surface area (Å²) in [5.74, 6) is 1.51. The fourth-order valence-electron chi connectivity index (χ4n) is 8.16. The van der Waals surface area contributed by atoms with Gasteiger partial charge in [0.05, 0.1) is 0 Å². The Morgan fingerprint density at radius 3 is 1.82 bits per heavy atom. The number of furan rings is 1. The average molecular weight is 730 g/mol. The molecule has 1 atom stereocenters. The van der Waals surface area contributed by atoms with Gasteiger partial charge < -0.3 is 9.73 Å². The Labute approximate surface area is 330 Å². The molecular weight excluding hydrogens is 695 g/mol. The largest absolute Gasteiger partial charge is 0.456 e. The maximum absolute atomic E-state index is 6.45. The average Bonchev–Trinajstić information content (AvgIpc) is 3.67. The minimum Gasteiger partial charge on any atom is -0.456 e. The van der Waals surface area contributed by atoms with Crippen LogP contribution in [0.25, 0.3) is 76.9 Å². The molecule has 0 radical (unpaired) electrons. The van der Waals surface area contributed by atoms with Crippen LogP contribution >= 0.6 is 0 Å². The number of aliphatic imine (C=N–C) groups is 2. The van der Waals surface area contributed by atoms with Crippen LogP contribution in [0.15, 0.2) is 215 Å². The molecule has 11 rings (SSSR count). The fraction of sp³-hybridized carbons (Fsp3) is 0.0189. The Hall–Kier alpha value is -7.56. The van der Waals surface area contributed by atoms with Crippen molar-refractivity contribution in [1.29, 1.82) is 0 Å². The van der Waals surface area contributed by atoms with E-state index in [-0.39, 0.29) is 6.17 Å². The number of nitrogens with zero attached hydrogens (tertiary/aromatic N) is 2. The third-order valence-corrected chi connectivity index (χ3v) is 11.1. The maximum Gasteiger partial charge on any atom is 0.159 e. The topological polar surface area (TPSA) is 49.9 Å². The van der Waals surface area contributed by atoms with Gasteiger partial charge in [0.25, 0.3) is 0 Å². The van der Waals surface area contributed by atoms with Gasteiger partial charge in [0, 0.05) is 21.9 Å². The summed E-state index contributed by atoms with van der Waals surface area (Å²) in [6, 6.07) is 70.7. The molecule has 2 heterocycles.